The Morgan fingerprint density at radius 1 is 0.619 bits per heavy atom. The monoisotopic (exact) mass is 868 g/mol. The molecule has 0 aliphatic carbocycles. The van der Waals surface area contributed by atoms with Gasteiger partial charge in [0.15, 0.2) is 11.0 Å². The number of fused-ring (bicyclic) bond motifs is 2. The lowest BCUT2D eigenvalue weighted by Crippen LogP contribution is -2.50. The minimum Gasteiger partial charge on any atom is -0.364 e. The van der Waals surface area contributed by atoms with Gasteiger partial charge in [0, 0.05) is 63.7 Å². The van der Waals surface area contributed by atoms with Crippen LogP contribution in [0, 0.1) is 0 Å². The first-order valence-corrected chi connectivity index (χ1v) is 21.2. The number of amides is 2. The maximum atomic E-state index is 13.5. The molecule has 10 rings (SSSR count). The Morgan fingerprint density at radius 3 is 1.68 bits per heavy atom. The summed E-state index contributed by atoms with van der Waals surface area (Å²) in [5.74, 6) is 0.773. The predicted octanol–water partition coefficient (Wildman–Crippen LogP) is 5.50. The number of nitrogens with zero attached hydrogens (tertiary/aromatic N) is 14. The molecule has 2 saturated heterocycles. The predicted molar refractivity (Wildman–Crippen MR) is 240 cm³/mol. The zero-order chi connectivity index (χ0) is 44.0. The number of para-hydroxylation sites is 2. The second kappa shape index (κ2) is 18.9. The van der Waals surface area contributed by atoms with Crippen molar-refractivity contribution in [2.24, 2.45) is 19.8 Å². The molecule has 0 spiro atoms. The van der Waals surface area contributed by atoms with Crippen LogP contribution in [0.15, 0.2) is 110 Å². The van der Waals surface area contributed by atoms with Crippen molar-refractivity contribution >= 4 is 51.3 Å². The highest BCUT2D eigenvalue weighted by atomic mass is 35.5. The number of hydrogen-bond acceptors (Lipinski definition) is 12. The second-order valence-electron chi connectivity index (χ2n) is 15.7. The van der Waals surface area contributed by atoms with Gasteiger partial charge in [-0.05, 0) is 75.9 Å². The smallest absolute Gasteiger partial charge is 0.256 e. The van der Waals surface area contributed by atoms with Crippen molar-refractivity contribution in [3.63, 3.8) is 0 Å². The standard InChI is InChI=1S/C22H24N8O.C15H19N5O.C7H6ClN3/c1-15-7-8-16(27-21-20-18(9-10-23-21)24-14-28(20)2)13-29(15)22(31)17-5-3-4-6-19(17)30-25-11-12-26-30;1-11-6-7-12(16)10-19(11)15(21)13-4-2-3-5-14(13)20-17-8-9-18-20;1-11-4-10-5-2-3-9-7(8)6(5)11/h3-6,9-12,14-16H,7-8,13H2,1-2H3,(H,23,27);2-5,8-9,11-12H,6-7,10,16H2,1H3;2-4H,1H3/t15-,16-;11-,12-;/m11./s1. The number of carbonyl (C=O) groups is 2. The summed E-state index contributed by atoms with van der Waals surface area (Å²) in [6, 6.07) is 19.1. The molecule has 4 atom stereocenters. The molecule has 2 amide bonds. The van der Waals surface area contributed by atoms with Crippen molar-refractivity contribution in [3.8, 4) is 11.4 Å². The molecule has 18 nitrogen and oxygen atoms in total. The number of aromatic nitrogens is 12. The molecule has 2 aromatic carbocycles. The van der Waals surface area contributed by atoms with E-state index in [0.717, 1.165) is 53.6 Å². The maximum Gasteiger partial charge on any atom is 0.256 e. The number of rotatable bonds is 6. The van der Waals surface area contributed by atoms with Crippen LogP contribution in [-0.2, 0) is 14.1 Å². The molecule has 6 aromatic heterocycles. The number of benzene rings is 2. The molecule has 3 N–H and O–H groups in total. The molecular weight excluding hydrogens is 820 g/mol. The lowest BCUT2D eigenvalue weighted by Gasteiger charge is -2.38. The average Bonchev–Trinajstić information content (AvgIpc) is 4.15. The largest absolute Gasteiger partial charge is 0.364 e. The number of likely N-dealkylation sites (tertiary alicyclic amines) is 2. The van der Waals surface area contributed by atoms with Crippen LogP contribution in [0.5, 0.6) is 0 Å². The van der Waals surface area contributed by atoms with Crippen molar-refractivity contribution in [3.05, 3.63) is 127 Å². The lowest BCUT2D eigenvalue weighted by atomic mass is 9.97. The number of halogens is 1. The summed E-state index contributed by atoms with van der Waals surface area (Å²) in [5, 5.41) is 20.7. The molecule has 2 aliphatic heterocycles. The van der Waals surface area contributed by atoms with Gasteiger partial charge < -0.3 is 30.0 Å². The fourth-order valence-corrected chi connectivity index (χ4v) is 8.32. The van der Waals surface area contributed by atoms with Crippen LogP contribution in [0.3, 0.4) is 0 Å². The molecule has 19 heteroatoms. The Balaban J connectivity index is 0.000000146. The summed E-state index contributed by atoms with van der Waals surface area (Å²) in [7, 11) is 3.85. The normalized spacial score (nSPS) is 18.6. The van der Waals surface area contributed by atoms with E-state index >= 15 is 0 Å². The summed E-state index contributed by atoms with van der Waals surface area (Å²) < 4.78 is 3.82. The summed E-state index contributed by atoms with van der Waals surface area (Å²) in [6.07, 6.45) is 17.1. The van der Waals surface area contributed by atoms with E-state index in [0.29, 0.717) is 40.7 Å². The first kappa shape index (κ1) is 42.6. The second-order valence-corrected chi connectivity index (χ2v) is 16.1. The quantitative estimate of drug-likeness (QED) is 0.199. The van der Waals surface area contributed by atoms with Crippen molar-refractivity contribution in [2.45, 2.75) is 63.7 Å². The molecular formula is C44H49ClN16O2. The number of carbonyl (C=O) groups excluding carboxylic acids is 2. The summed E-state index contributed by atoms with van der Waals surface area (Å²) >= 11 is 5.83. The number of anilines is 1. The Bertz CT molecular complexity index is 2800. The number of nitrogens with two attached hydrogens (primary N) is 1. The zero-order valence-corrected chi connectivity index (χ0v) is 36.2. The number of aryl methyl sites for hydroxylation is 2. The highest BCUT2D eigenvalue weighted by molar-refractivity contribution is 6.33. The molecule has 8 heterocycles. The highest BCUT2D eigenvalue weighted by Gasteiger charge is 2.32. The van der Waals surface area contributed by atoms with Crippen LogP contribution < -0.4 is 11.1 Å². The molecule has 324 valence electrons. The van der Waals surface area contributed by atoms with Crippen molar-refractivity contribution in [1.29, 1.82) is 0 Å². The van der Waals surface area contributed by atoms with E-state index in [1.807, 2.05) is 93.7 Å². The van der Waals surface area contributed by atoms with Crippen LogP contribution in [0.4, 0.5) is 5.82 Å². The summed E-state index contributed by atoms with van der Waals surface area (Å²) in [4.78, 5) is 50.2. The number of imidazole rings is 2. The van der Waals surface area contributed by atoms with Crippen LogP contribution >= 0.6 is 11.6 Å². The summed E-state index contributed by atoms with van der Waals surface area (Å²) in [5.41, 5.74) is 12.2. The fraction of sp³-hybridized carbons (Fsp3) is 0.318. The Kier molecular flexibility index (Phi) is 12.8. The highest BCUT2D eigenvalue weighted by Crippen LogP contribution is 2.27. The minimum atomic E-state index is -0.0152. The minimum absolute atomic E-state index is 0.00875. The molecule has 0 radical (unpaired) electrons. The molecule has 0 bridgehead atoms. The van der Waals surface area contributed by atoms with E-state index in [2.05, 4.69) is 59.5 Å². The van der Waals surface area contributed by atoms with Gasteiger partial charge in [-0.1, -0.05) is 35.9 Å². The van der Waals surface area contributed by atoms with Gasteiger partial charge in [0.1, 0.15) is 11.0 Å². The third-order valence-corrected chi connectivity index (χ3v) is 11.7. The lowest BCUT2D eigenvalue weighted by molar-refractivity contribution is 0.0608. The number of pyridine rings is 2. The van der Waals surface area contributed by atoms with Crippen LogP contribution in [0.2, 0.25) is 5.15 Å². The van der Waals surface area contributed by atoms with Crippen molar-refractivity contribution in [1.82, 2.24) is 68.9 Å². The first-order chi connectivity index (χ1) is 30.6. The van der Waals surface area contributed by atoms with E-state index in [9.17, 15) is 9.59 Å². The Hall–Kier alpha value is -7.05. The molecule has 0 saturated carbocycles. The van der Waals surface area contributed by atoms with Gasteiger partial charge in [0.05, 0.1) is 71.0 Å². The average molecular weight is 869 g/mol. The number of piperidine rings is 2. The van der Waals surface area contributed by atoms with Crippen LogP contribution in [0.1, 0.15) is 60.2 Å². The number of hydrogen-bond donors (Lipinski definition) is 2. The van der Waals surface area contributed by atoms with Crippen LogP contribution in [0.25, 0.3) is 33.4 Å². The summed E-state index contributed by atoms with van der Waals surface area (Å²) in [6.45, 7) is 5.36. The topological polar surface area (TPSA) is 202 Å². The molecule has 0 unspecified atom stereocenters. The van der Waals surface area contributed by atoms with Gasteiger partial charge >= 0.3 is 0 Å². The van der Waals surface area contributed by atoms with E-state index in [1.165, 1.54) is 9.59 Å². The van der Waals surface area contributed by atoms with Gasteiger partial charge in [0.2, 0.25) is 0 Å². The van der Waals surface area contributed by atoms with Gasteiger partial charge in [-0.15, -0.1) is 0 Å². The third kappa shape index (κ3) is 9.27. The molecule has 2 fully saturated rings. The van der Waals surface area contributed by atoms with E-state index in [-0.39, 0.29) is 36.0 Å². The van der Waals surface area contributed by atoms with Crippen molar-refractivity contribution < 1.29 is 9.59 Å². The zero-order valence-electron chi connectivity index (χ0n) is 35.5. The van der Waals surface area contributed by atoms with Crippen molar-refractivity contribution in [2.75, 3.05) is 18.4 Å². The van der Waals surface area contributed by atoms with Crippen LogP contribution in [-0.4, -0.2) is 118 Å². The van der Waals surface area contributed by atoms with E-state index in [4.69, 9.17) is 17.3 Å². The van der Waals surface area contributed by atoms with E-state index in [1.54, 1.807) is 49.8 Å². The maximum absolute atomic E-state index is 13.5. The Morgan fingerprint density at radius 2 is 1.11 bits per heavy atom. The van der Waals surface area contributed by atoms with Gasteiger partial charge in [-0.2, -0.15) is 30.0 Å². The molecule has 8 aromatic rings. The molecule has 63 heavy (non-hydrogen) atoms. The van der Waals surface area contributed by atoms with Gasteiger partial charge in [-0.25, -0.2) is 19.9 Å². The van der Waals surface area contributed by atoms with Gasteiger partial charge in [-0.3, -0.25) is 9.59 Å². The fourth-order valence-electron chi connectivity index (χ4n) is 8.03. The first-order valence-electron chi connectivity index (χ1n) is 20.8. The molecule has 2 aliphatic rings. The van der Waals surface area contributed by atoms with Gasteiger partial charge in [0.25, 0.3) is 11.8 Å². The third-order valence-electron chi connectivity index (χ3n) is 11.4. The number of nitrogens with one attached hydrogen (secondary N) is 1. The SMILES string of the molecule is C[C@@H]1CC[C@@H](N)CN1C(=O)c1ccccc1-n1nccn1.C[C@@H]1CC[C@@H](Nc2nccc3ncn(C)c23)CN1C(=O)c1ccccc1-n1nccn1.Cn1cnc2ccnc(Cl)c21. The van der Waals surface area contributed by atoms with E-state index < -0.39 is 0 Å². The Labute approximate surface area is 368 Å².